The summed E-state index contributed by atoms with van der Waals surface area (Å²) >= 11 is 0. The number of methoxy groups -OCH3 is 3. The zero-order chi connectivity index (χ0) is 30.3. The highest BCUT2D eigenvalue weighted by atomic mass is 16.5. The van der Waals surface area contributed by atoms with Crippen LogP contribution in [0.3, 0.4) is 0 Å². The van der Waals surface area contributed by atoms with Gasteiger partial charge in [0, 0.05) is 12.6 Å². The van der Waals surface area contributed by atoms with E-state index in [0.29, 0.717) is 34.0 Å². The van der Waals surface area contributed by atoms with Crippen LogP contribution in [-0.4, -0.2) is 53.0 Å². The lowest BCUT2D eigenvalue weighted by molar-refractivity contribution is -0.140. The van der Waals surface area contributed by atoms with E-state index in [-0.39, 0.29) is 19.0 Å². The van der Waals surface area contributed by atoms with Crippen molar-refractivity contribution in [3.05, 3.63) is 108 Å². The van der Waals surface area contributed by atoms with Gasteiger partial charge in [-0.25, -0.2) is 4.68 Å². The molecule has 0 aliphatic carbocycles. The second-order valence-electron chi connectivity index (χ2n) is 9.97. The van der Waals surface area contributed by atoms with Crippen LogP contribution < -0.4 is 19.5 Å². The molecular formula is C33H33N5O5. The molecule has 2 amide bonds. The van der Waals surface area contributed by atoms with Gasteiger partial charge in [-0.2, -0.15) is 0 Å². The third-order valence-electron chi connectivity index (χ3n) is 7.16. The smallest absolute Gasteiger partial charge is 0.251 e. The second kappa shape index (κ2) is 13.1. The van der Waals surface area contributed by atoms with E-state index in [1.807, 2.05) is 55.5 Å². The van der Waals surface area contributed by atoms with Gasteiger partial charge in [0.15, 0.2) is 0 Å². The molecule has 1 unspecified atom stereocenters. The van der Waals surface area contributed by atoms with Gasteiger partial charge in [0.25, 0.3) is 5.91 Å². The Morgan fingerprint density at radius 3 is 2.26 bits per heavy atom. The number of aryl methyl sites for hydroxylation is 1. The number of nitrogens with zero attached hydrogens (tertiary/aromatic N) is 4. The Bertz CT molecular complexity index is 1720. The fourth-order valence-electron chi connectivity index (χ4n) is 4.83. The van der Waals surface area contributed by atoms with E-state index < -0.39 is 11.9 Å². The van der Waals surface area contributed by atoms with Gasteiger partial charge < -0.3 is 24.4 Å². The molecule has 0 radical (unpaired) electrons. The van der Waals surface area contributed by atoms with Crippen LogP contribution in [0.15, 0.2) is 91.0 Å². The van der Waals surface area contributed by atoms with E-state index in [2.05, 4.69) is 15.6 Å². The normalized spacial score (nSPS) is 11.5. The lowest BCUT2D eigenvalue weighted by atomic mass is 10.0. The van der Waals surface area contributed by atoms with Gasteiger partial charge in [0.05, 0.1) is 32.5 Å². The molecule has 5 rings (SSSR count). The van der Waals surface area contributed by atoms with Crippen molar-refractivity contribution >= 4 is 28.5 Å². The highest BCUT2D eigenvalue weighted by molar-refractivity contribution is 5.99. The van der Waals surface area contributed by atoms with Gasteiger partial charge in [0.1, 0.15) is 35.4 Å². The molecule has 0 spiro atoms. The Hall–Kier alpha value is -5.38. The number of benzene rings is 4. The zero-order valence-electron chi connectivity index (χ0n) is 24.5. The molecule has 10 nitrogen and oxygen atoms in total. The zero-order valence-corrected chi connectivity index (χ0v) is 24.5. The van der Waals surface area contributed by atoms with Crippen molar-refractivity contribution in [3.63, 3.8) is 0 Å². The number of amides is 2. The minimum atomic E-state index is -1.01. The van der Waals surface area contributed by atoms with E-state index >= 15 is 0 Å². The summed E-state index contributed by atoms with van der Waals surface area (Å²) in [4.78, 5) is 30.0. The number of carbonyl (C=O) groups excluding carboxylic acids is 2. The van der Waals surface area contributed by atoms with Crippen molar-refractivity contribution in [2.24, 2.45) is 0 Å². The van der Waals surface area contributed by atoms with Crippen molar-refractivity contribution in [2.45, 2.75) is 26.1 Å². The van der Waals surface area contributed by atoms with Crippen LogP contribution in [0.4, 0.5) is 5.69 Å². The summed E-state index contributed by atoms with van der Waals surface area (Å²) in [6.07, 6.45) is 0. The minimum absolute atomic E-state index is 0.113. The molecule has 43 heavy (non-hydrogen) atoms. The second-order valence-corrected chi connectivity index (χ2v) is 9.97. The highest BCUT2D eigenvalue weighted by Crippen LogP contribution is 2.32. The molecule has 4 aromatic carbocycles. The molecule has 5 aromatic rings. The Labute approximate surface area is 249 Å². The molecule has 0 aliphatic heterocycles. The predicted molar refractivity (Wildman–Crippen MR) is 163 cm³/mol. The lowest BCUT2D eigenvalue weighted by Gasteiger charge is -2.32. The first-order chi connectivity index (χ1) is 20.9. The number of fused-ring (bicyclic) bond motifs is 1. The Balaban J connectivity index is 1.57. The molecule has 1 aromatic heterocycles. The van der Waals surface area contributed by atoms with Crippen LogP contribution in [0.1, 0.15) is 22.7 Å². The third-order valence-corrected chi connectivity index (χ3v) is 7.16. The molecule has 0 fully saturated rings. The molecule has 1 heterocycles. The number of hydrogen-bond donors (Lipinski definition) is 1. The molecule has 0 saturated heterocycles. The van der Waals surface area contributed by atoms with Gasteiger partial charge in [-0.1, -0.05) is 59.3 Å². The van der Waals surface area contributed by atoms with Crippen LogP contribution in [0.5, 0.6) is 17.2 Å². The average Bonchev–Trinajstić information content (AvgIpc) is 3.44. The van der Waals surface area contributed by atoms with Crippen molar-refractivity contribution in [1.82, 2.24) is 19.9 Å². The molecular weight excluding hydrogens is 546 g/mol. The van der Waals surface area contributed by atoms with Crippen molar-refractivity contribution in [1.29, 1.82) is 0 Å². The molecule has 220 valence electrons. The van der Waals surface area contributed by atoms with Gasteiger partial charge in [-0.15, -0.1) is 5.10 Å². The molecule has 0 aliphatic rings. The van der Waals surface area contributed by atoms with E-state index in [9.17, 15) is 9.59 Å². The maximum absolute atomic E-state index is 14.2. The number of rotatable bonds is 11. The molecule has 1 N–H and O–H groups in total. The minimum Gasteiger partial charge on any atom is -0.497 e. The standard InChI is InChI=1S/C33H33N5O5/c1-22-9-11-23(12-10-22)20-37(31(39)21-38-29-8-6-5-7-27(29)35-36-38)32(24-13-15-25(41-2)16-14-24)33(40)34-28-18-17-26(42-3)19-30(28)43-4/h5-19,32H,20-21H2,1-4H3,(H,34,40). The van der Waals surface area contributed by atoms with Crippen LogP contribution in [0.25, 0.3) is 11.0 Å². The first-order valence-corrected chi connectivity index (χ1v) is 13.7. The predicted octanol–water partition coefficient (Wildman–Crippen LogP) is 5.17. The van der Waals surface area contributed by atoms with Crippen molar-refractivity contribution in [2.75, 3.05) is 26.6 Å². The summed E-state index contributed by atoms with van der Waals surface area (Å²) < 4.78 is 17.7. The fourth-order valence-corrected chi connectivity index (χ4v) is 4.83. The van der Waals surface area contributed by atoms with Crippen LogP contribution >= 0.6 is 0 Å². The monoisotopic (exact) mass is 579 g/mol. The van der Waals surface area contributed by atoms with E-state index in [1.165, 1.54) is 7.11 Å². The summed E-state index contributed by atoms with van der Waals surface area (Å²) in [6, 6.07) is 26.5. The topological polar surface area (TPSA) is 108 Å². The largest absolute Gasteiger partial charge is 0.497 e. The number of hydrogen-bond acceptors (Lipinski definition) is 7. The summed E-state index contributed by atoms with van der Waals surface area (Å²) in [5.41, 5.74) is 4.41. The molecule has 1 atom stereocenters. The first-order valence-electron chi connectivity index (χ1n) is 13.7. The molecule has 0 saturated carbocycles. The Morgan fingerprint density at radius 1 is 0.860 bits per heavy atom. The van der Waals surface area contributed by atoms with Gasteiger partial charge in [-0.3, -0.25) is 9.59 Å². The van der Waals surface area contributed by atoms with E-state index in [4.69, 9.17) is 14.2 Å². The number of aromatic nitrogens is 3. The lowest BCUT2D eigenvalue weighted by Crippen LogP contribution is -2.42. The Morgan fingerprint density at radius 2 is 1.56 bits per heavy atom. The van der Waals surface area contributed by atoms with Crippen LogP contribution in [-0.2, 0) is 22.7 Å². The van der Waals surface area contributed by atoms with Gasteiger partial charge in [-0.05, 0) is 54.4 Å². The maximum Gasteiger partial charge on any atom is 0.251 e. The van der Waals surface area contributed by atoms with Crippen molar-refractivity contribution in [3.8, 4) is 17.2 Å². The average molecular weight is 580 g/mol. The quantitative estimate of drug-likeness (QED) is 0.230. The molecule has 0 bridgehead atoms. The molecule has 10 heteroatoms. The summed E-state index contributed by atoms with van der Waals surface area (Å²) in [7, 11) is 4.64. The number of anilines is 1. The van der Waals surface area contributed by atoms with Gasteiger partial charge >= 0.3 is 0 Å². The van der Waals surface area contributed by atoms with Crippen LogP contribution in [0.2, 0.25) is 0 Å². The summed E-state index contributed by atoms with van der Waals surface area (Å²) in [5.74, 6) is 0.904. The SMILES string of the molecule is COc1ccc(C(C(=O)Nc2ccc(OC)cc2OC)N(Cc2ccc(C)cc2)C(=O)Cn2nnc3ccccc32)cc1. The summed E-state index contributed by atoms with van der Waals surface area (Å²) in [6.45, 7) is 2.06. The van der Waals surface area contributed by atoms with E-state index in [1.54, 1.807) is 66.3 Å². The maximum atomic E-state index is 14.2. The highest BCUT2D eigenvalue weighted by Gasteiger charge is 2.33. The van der Waals surface area contributed by atoms with Gasteiger partial charge in [0.2, 0.25) is 5.91 Å². The van der Waals surface area contributed by atoms with Crippen LogP contribution in [0, 0.1) is 6.92 Å². The number of para-hydroxylation sites is 1. The fraction of sp³-hybridized carbons (Fsp3) is 0.212. The van der Waals surface area contributed by atoms with E-state index in [0.717, 1.165) is 16.6 Å². The summed E-state index contributed by atoms with van der Waals surface area (Å²) in [5, 5.41) is 11.4. The Kier molecular flexibility index (Phi) is 8.85. The number of nitrogens with one attached hydrogen (secondary N) is 1. The van der Waals surface area contributed by atoms with Crippen molar-refractivity contribution < 1.29 is 23.8 Å². The number of ether oxygens (including phenoxy) is 3. The third kappa shape index (κ3) is 6.59. The number of carbonyl (C=O) groups is 2. The first kappa shape index (κ1) is 29.1.